The highest BCUT2D eigenvalue weighted by molar-refractivity contribution is 6.30. The van der Waals surface area contributed by atoms with E-state index in [1.165, 1.54) is 6.20 Å². The lowest BCUT2D eigenvalue weighted by Gasteiger charge is -2.08. The molecule has 1 aromatic carbocycles. The van der Waals surface area contributed by atoms with Crippen molar-refractivity contribution < 1.29 is 9.53 Å². The Bertz CT molecular complexity index is 914. The molecule has 0 spiro atoms. The molecule has 3 aromatic rings. The molecule has 23 heavy (non-hydrogen) atoms. The summed E-state index contributed by atoms with van der Waals surface area (Å²) >= 11 is 6.13. The molecule has 0 saturated carbocycles. The maximum Gasteiger partial charge on any atom is 0.356 e. The van der Waals surface area contributed by atoms with Crippen LogP contribution in [0.1, 0.15) is 23.2 Å². The zero-order valence-corrected chi connectivity index (χ0v) is 13.0. The van der Waals surface area contributed by atoms with Crippen LogP contribution < -0.4 is 0 Å². The normalized spacial score (nSPS) is 12.1. The van der Waals surface area contributed by atoms with E-state index < -0.39 is 5.97 Å². The Kier molecular flexibility index (Phi) is 3.16. The number of nitrogens with zero attached hydrogens (tertiary/aromatic N) is 5. The van der Waals surface area contributed by atoms with Crippen LogP contribution in [0.25, 0.3) is 17.1 Å². The molecule has 4 rings (SSSR count). The van der Waals surface area contributed by atoms with Gasteiger partial charge in [0.15, 0.2) is 5.82 Å². The van der Waals surface area contributed by atoms with Crippen molar-refractivity contribution in [2.24, 2.45) is 0 Å². The van der Waals surface area contributed by atoms with Gasteiger partial charge in [0.25, 0.3) is 0 Å². The zero-order valence-electron chi connectivity index (χ0n) is 12.2. The fraction of sp³-hybridized carbons (Fsp3) is 0.200. The summed E-state index contributed by atoms with van der Waals surface area (Å²) < 4.78 is 8.75. The third kappa shape index (κ3) is 2.12. The number of carbonyl (C=O) groups excluding carboxylic acids is 1. The van der Waals surface area contributed by atoms with E-state index in [4.69, 9.17) is 16.3 Å². The lowest BCUT2D eigenvalue weighted by molar-refractivity contribution is 0.0514. The molecule has 2 aromatic heterocycles. The molecule has 0 unspecified atom stereocenters. The summed E-state index contributed by atoms with van der Waals surface area (Å²) in [6.07, 6.45) is 3.15. The molecule has 3 heterocycles. The zero-order chi connectivity index (χ0) is 16.0. The van der Waals surface area contributed by atoms with Crippen molar-refractivity contribution in [1.82, 2.24) is 24.3 Å². The summed E-state index contributed by atoms with van der Waals surface area (Å²) in [6.45, 7) is 2.45. The lowest BCUT2D eigenvalue weighted by Crippen LogP contribution is -2.14. The molecule has 0 saturated heterocycles. The number of fused-ring (bicyclic) bond motifs is 5. The second-order valence-corrected chi connectivity index (χ2v) is 5.49. The highest BCUT2D eigenvalue weighted by atomic mass is 35.5. The van der Waals surface area contributed by atoms with Crippen LogP contribution in [0.2, 0.25) is 5.02 Å². The second-order valence-electron chi connectivity index (χ2n) is 5.05. The fourth-order valence-electron chi connectivity index (χ4n) is 2.72. The summed E-state index contributed by atoms with van der Waals surface area (Å²) in [5, 5.41) is 8.71. The fourth-order valence-corrected chi connectivity index (χ4v) is 2.89. The minimum Gasteiger partial charge on any atom is -0.461 e. The van der Waals surface area contributed by atoms with Crippen molar-refractivity contribution in [2.75, 3.05) is 6.61 Å². The van der Waals surface area contributed by atoms with Crippen molar-refractivity contribution in [1.29, 1.82) is 0 Å². The van der Waals surface area contributed by atoms with Crippen LogP contribution in [0.4, 0.5) is 0 Å². The minimum absolute atomic E-state index is 0.307. The monoisotopic (exact) mass is 329 g/mol. The Balaban J connectivity index is 1.97. The first-order chi connectivity index (χ1) is 11.2. The van der Waals surface area contributed by atoms with Crippen LogP contribution in [0.5, 0.6) is 0 Å². The van der Waals surface area contributed by atoms with Crippen LogP contribution >= 0.6 is 11.6 Å². The largest absolute Gasteiger partial charge is 0.461 e. The smallest absolute Gasteiger partial charge is 0.356 e. The molecule has 8 heteroatoms. The van der Waals surface area contributed by atoms with E-state index in [0.717, 1.165) is 11.3 Å². The molecule has 0 fully saturated rings. The van der Waals surface area contributed by atoms with Crippen LogP contribution in [0.15, 0.2) is 30.7 Å². The van der Waals surface area contributed by atoms with E-state index in [1.807, 2.05) is 16.7 Å². The highest BCUT2D eigenvalue weighted by Gasteiger charge is 2.26. The van der Waals surface area contributed by atoms with Gasteiger partial charge in [-0.05, 0) is 25.1 Å². The molecule has 0 N–H and O–H groups in total. The topological polar surface area (TPSA) is 74.8 Å². The van der Waals surface area contributed by atoms with Gasteiger partial charge in [-0.25, -0.2) is 9.78 Å². The van der Waals surface area contributed by atoms with Gasteiger partial charge in [-0.15, -0.1) is 10.2 Å². The summed E-state index contributed by atoms with van der Waals surface area (Å²) in [5.74, 6) is 0.954. The average molecular weight is 330 g/mol. The maximum atomic E-state index is 12.2. The second kappa shape index (κ2) is 5.20. The van der Waals surface area contributed by atoms with Crippen molar-refractivity contribution in [3.05, 3.63) is 47.3 Å². The van der Waals surface area contributed by atoms with Gasteiger partial charge in [0.05, 0.1) is 25.0 Å². The molecule has 1 aliphatic heterocycles. The van der Waals surface area contributed by atoms with Gasteiger partial charge in [-0.3, -0.25) is 4.57 Å². The quantitative estimate of drug-likeness (QED) is 0.528. The third-order valence-electron chi connectivity index (χ3n) is 3.72. The molecular formula is C15H12ClN5O2. The SMILES string of the molecule is CCOC(=O)c1cnc2n1Cc1nncn1-c1cc(Cl)ccc1-2. The highest BCUT2D eigenvalue weighted by Crippen LogP contribution is 2.33. The van der Waals surface area contributed by atoms with Crippen LogP contribution in [0, 0.1) is 0 Å². The number of imidazole rings is 1. The van der Waals surface area contributed by atoms with Crippen molar-refractivity contribution >= 4 is 17.6 Å². The Hall–Kier alpha value is -2.67. The number of carbonyl (C=O) groups is 1. The maximum absolute atomic E-state index is 12.2. The van der Waals surface area contributed by atoms with Crippen molar-refractivity contribution in [2.45, 2.75) is 13.5 Å². The predicted octanol–water partition coefficient (Wildman–Crippen LogP) is 2.32. The van der Waals surface area contributed by atoms with Gasteiger partial charge in [-0.1, -0.05) is 11.6 Å². The number of hydrogen-bond donors (Lipinski definition) is 0. The summed E-state index contributed by atoms with van der Waals surface area (Å²) in [6, 6.07) is 5.50. The van der Waals surface area contributed by atoms with Gasteiger partial charge >= 0.3 is 5.97 Å². The first-order valence-electron chi connectivity index (χ1n) is 7.11. The standard InChI is InChI=1S/C15H12ClN5O2/c1-2-23-15(22)12-6-17-14-10-4-3-9(16)5-11(10)21-8-18-19-13(21)7-20(12)14/h3-6,8H,2,7H2,1H3. The average Bonchev–Trinajstić information content (AvgIpc) is 3.13. The van der Waals surface area contributed by atoms with E-state index in [1.54, 1.807) is 23.9 Å². The van der Waals surface area contributed by atoms with E-state index in [-0.39, 0.29) is 0 Å². The molecular weight excluding hydrogens is 318 g/mol. The molecule has 0 bridgehead atoms. The van der Waals surface area contributed by atoms with E-state index in [2.05, 4.69) is 15.2 Å². The Morgan fingerprint density at radius 2 is 2.30 bits per heavy atom. The predicted molar refractivity (Wildman–Crippen MR) is 82.6 cm³/mol. The molecule has 1 aliphatic rings. The number of benzene rings is 1. The summed E-state index contributed by atoms with van der Waals surface area (Å²) in [5.41, 5.74) is 2.07. The van der Waals surface area contributed by atoms with Gasteiger partial charge in [0.2, 0.25) is 0 Å². The Morgan fingerprint density at radius 3 is 3.13 bits per heavy atom. The first kappa shape index (κ1) is 14.0. The molecule has 0 amide bonds. The molecule has 0 aliphatic carbocycles. The van der Waals surface area contributed by atoms with Gasteiger partial charge in [0.1, 0.15) is 17.8 Å². The van der Waals surface area contributed by atoms with Gasteiger partial charge in [-0.2, -0.15) is 0 Å². The number of hydrogen-bond acceptors (Lipinski definition) is 5. The van der Waals surface area contributed by atoms with Crippen molar-refractivity contribution in [3.8, 4) is 17.1 Å². The van der Waals surface area contributed by atoms with Crippen molar-refractivity contribution in [3.63, 3.8) is 0 Å². The van der Waals surface area contributed by atoms with Crippen LogP contribution in [-0.4, -0.2) is 36.9 Å². The van der Waals surface area contributed by atoms with E-state index in [0.29, 0.717) is 35.5 Å². The number of esters is 1. The first-order valence-corrected chi connectivity index (χ1v) is 7.48. The molecule has 7 nitrogen and oxygen atoms in total. The van der Waals surface area contributed by atoms with Crippen LogP contribution in [0.3, 0.4) is 0 Å². The van der Waals surface area contributed by atoms with Crippen LogP contribution in [-0.2, 0) is 11.3 Å². The minimum atomic E-state index is -0.408. The molecule has 116 valence electrons. The number of rotatable bonds is 2. The van der Waals surface area contributed by atoms with E-state index in [9.17, 15) is 4.79 Å². The molecule has 0 atom stereocenters. The summed E-state index contributed by atoms with van der Waals surface area (Å²) in [4.78, 5) is 16.6. The van der Waals surface area contributed by atoms with Gasteiger partial charge < -0.3 is 9.30 Å². The molecule has 0 radical (unpaired) electrons. The third-order valence-corrected chi connectivity index (χ3v) is 3.95. The number of halogens is 1. The summed E-state index contributed by atoms with van der Waals surface area (Å²) in [7, 11) is 0. The Morgan fingerprint density at radius 1 is 1.43 bits per heavy atom. The number of aromatic nitrogens is 5. The van der Waals surface area contributed by atoms with E-state index >= 15 is 0 Å². The van der Waals surface area contributed by atoms with Gasteiger partial charge in [0, 0.05) is 10.6 Å². The Labute approximate surface area is 136 Å². The lowest BCUT2D eigenvalue weighted by atomic mass is 10.1. The number of ether oxygens (including phenoxy) is 1.